The third-order valence-electron chi connectivity index (χ3n) is 4.05. The molecule has 0 radical (unpaired) electrons. The monoisotopic (exact) mass is 310 g/mol. The summed E-state index contributed by atoms with van der Waals surface area (Å²) in [6.07, 6.45) is -0.302. The van der Waals surface area contributed by atoms with E-state index in [-0.39, 0.29) is 24.5 Å². The van der Waals surface area contributed by atoms with Gasteiger partial charge in [-0.15, -0.1) is 0 Å². The van der Waals surface area contributed by atoms with Crippen LogP contribution in [0.4, 0.5) is 4.79 Å². The molecule has 1 saturated heterocycles. The number of ether oxygens (including phenoxy) is 1. The molecule has 0 aromatic heterocycles. The van der Waals surface area contributed by atoms with Gasteiger partial charge in [0, 0.05) is 26.2 Å². The quantitative estimate of drug-likeness (QED) is 0.812. The molecule has 1 N–H and O–H groups in total. The van der Waals surface area contributed by atoms with Crippen LogP contribution in [0.5, 0.6) is 0 Å². The molecule has 124 valence electrons. The van der Waals surface area contributed by atoms with Crippen LogP contribution >= 0.6 is 0 Å². The Morgan fingerprint density at radius 1 is 1.32 bits per heavy atom. The predicted octanol–water partition coefficient (Wildman–Crippen LogP) is 0.815. The zero-order valence-corrected chi connectivity index (χ0v) is 13.9. The molecule has 1 heterocycles. The van der Waals surface area contributed by atoms with E-state index in [4.69, 9.17) is 4.74 Å². The highest BCUT2D eigenvalue weighted by atomic mass is 16.6. The molecule has 1 aliphatic heterocycles. The van der Waals surface area contributed by atoms with Gasteiger partial charge in [0.25, 0.3) is 0 Å². The minimum Gasteiger partial charge on any atom is -0.450 e. The van der Waals surface area contributed by atoms with Crippen molar-refractivity contribution in [3.8, 4) is 6.07 Å². The lowest BCUT2D eigenvalue weighted by Crippen LogP contribution is -2.55. The van der Waals surface area contributed by atoms with Crippen LogP contribution in [0.25, 0.3) is 0 Å². The van der Waals surface area contributed by atoms with Crippen molar-refractivity contribution in [2.24, 2.45) is 5.92 Å². The van der Waals surface area contributed by atoms with Gasteiger partial charge in [0.15, 0.2) is 0 Å². The molecular formula is C15H26N4O3. The molecule has 0 aromatic rings. The standard InChI is InChI=1S/C15H26N4O3/c1-5-22-14(21)19-8-6-18(7-9-19)10-13(20)17-15(4,11-16)12(2)3/h12H,5-10H2,1-4H3,(H,17,20)/t15-/m1/s1. The third kappa shape index (κ3) is 4.88. The minimum atomic E-state index is -0.857. The highest BCUT2D eigenvalue weighted by Crippen LogP contribution is 2.15. The maximum atomic E-state index is 12.1. The number of rotatable bonds is 5. The maximum absolute atomic E-state index is 12.1. The fraction of sp³-hybridized carbons (Fsp3) is 0.800. The van der Waals surface area contributed by atoms with Crippen molar-refractivity contribution in [3.05, 3.63) is 0 Å². The average Bonchev–Trinajstić information content (AvgIpc) is 2.47. The first kappa shape index (κ1) is 18.2. The van der Waals surface area contributed by atoms with Crippen LogP contribution in [0, 0.1) is 17.2 Å². The van der Waals surface area contributed by atoms with E-state index in [9.17, 15) is 14.9 Å². The van der Waals surface area contributed by atoms with Crippen LogP contribution in [0.1, 0.15) is 27.7 Å². The number of amides is 2. The molecule has 2 amide bonds. The minimum absolute atomic E-state index is 0.0297. The Morgan fingerprint density at radius 3 is 2.36 bits per heavy atom. The number of carbonyl (C=O) groups is 2. The molecule has 7 heteroatoms. The van der Waals surface area contributed by atoms with E-state index in [1.54, 1.807) is 18.7 Å². The topological polar surface area (TPSA) is 85.7 Å². The molecule has 1 fully saturated rings. The summed E-state index contributed by atoms with van der Waals surface area (Å²) in [4.78, 5) is 27.3. The van der Waals surface area contributed by atoms with E-state index < -0.39 is 5.54 Å². The predicted molar refractivity (Wildman–Crippen MR) is 82.0 cm³/mol. The fourth-order valence-corrected chi connectivity index (χ4v) is 2.14. The van der Waals surface area contributed by atoms with Gasteiger partial charge < -0.3 is 15.0 Å². The first-order valence-electron chi connectivity index (χ1n) is 7.68. The van der Waals surface area contributed by atoms with Crippen LogP contribution in [0.15, 0.2) is 0 Å². The fourth-order valence-electron chi connectivity index (χ4n) is 2.14. The second kappa shape index (κ2) is 7.99. The molecule has 0 bridgehead atoms. The van der Waals surface area contributed by atoms with E-state index in [1.165, 1.54) is 0 Å². The zero-order valence-electron chi connectivity index (χ0n) is 13.9. The van der Waals surface area contributed by atoms with Crippen molar-refractivity contribution in [3.63, 3.8) is 0 Å². The summed E-state index contributed by atoms with van der Waals surface area (Å²) in [5.41, 5.74) is -0.857. The van der Waals surface area contributed by atoms with Crippen LogP contribution in [0.3, 0.4) is 0 Å². The summed E-state index contributed by atoms with van der Waals surface area (Å²) in [6.45, 7) is 10.3. The summed E-state index contributed by atoms with van der Waals surface area (Å²) in [5.74, 6) is -0.135. The molecular weight excluding hydrogens is 284 g/mol. The van der Waals surface area contributed by atoms with Crippen LogP contribution in [0.2, 0.25) is 0 Å². The summed E-state index contributed by atoms with van der Waals surface area (Å²) >= 11 is 0. The Labute approximate surface area is 132 Å². The summed E-state index contributed by atoms with van der Waals surface area (Å²) in [6, 6.07) is 2.16. The normalized spacial score (nSPS) is 18.5. The Morgan fingerprint density at radius 2 is 1.91 bits per heavy atom. The second-order valence-corrected chi connectivity index (χ2v) is 5.98. The van der Waals surface area contributed by atoms with Gasteiger partial charge in [-0.2, -0.15) is 5.26 Å². The van der Waals surface area contributed by atoms with Crippen LogP contribution < -0.4 is 5.32 Å². The number of piperazine rings is 1. The molecule has 1 atom stereocenters. The number of hydrogen-bond acceptors (Lipinski definition) is 5. The molecule has 1 aliphatic rings. The lowest BCUT2D eigenvalue weighted by atomic mass is 9.90. The largest absolute Gasteiger partial charge is 0.450 e. The van der Waals surface area contributed by atoms with Crippen molar-refractivity contribution in [1.29, 1.82) is 5.26 Å². The van der Waals surface area contributed by atoms with Crippen molar-refractivity contribution in [1.82, 2.24) is 15.1 Å². The number of nitriles is 1. The number of carbonyl (C=O) groups excluding carboxylic acids is 2. The van der Waals surface area contributed by atoms with Crippen molar-refractivity contribution in [2.45, 2.75) is 33.2 Å². The van der Waals surface area contributed by atoms with Gasteiger partial charge in [-0.3, -0.25) is 9.69 Å². The number of nitrogens with zero attached hydrogens (tertiary/aromatic N) is 3. The van der Waals surface area contributed by atoms with E-state index in [0.29, 0.717) is 32.8 Å². The lowest BCUT2D eigenvalue weighted by Gasteiger charge is -2.34. The van der Waals surface area contributed by atoms with Gasteiger partial charge in [-0.1, -0.05) is 13.8 Å². The number of hydrogen-bond donors (Lipinski definition) is 1. The molecule has 7 nitrogen and oxygen atoms in total. The van der Waals surface area contributed by atoms with Crippen molar-refractivity contribution in [2.75, 3.05) is 39.3 Å². The molecule has 0 unspecified atom stereocenters. The highest BCUT2D eigenvalue weighted by molar-refractivity contribution is 5.79. The summed E-state index contributed by atoms with van der Waals surface area (Å²) in [7, 11) is 0. The van der Waals surface area contributed by atoms with Gasteiger partial charge in [0.05, 0.1) is 19.2 Å². The first-order chi connectivity index (χ1) is 10.3. The lowest BCUT2D eigenvalue weighted by molar-refractivity contribution is -0.124. The van der Waals surface area contributed by atoms with Crippen LogP contribution in [-0.2, 0) is 9.53 Å². The Bertz CT molecular complexity index is 439. The average molecular weight is 310 g/mol. The Hall–Kier alpha value is -1.81. The van der Waals surface area contributed by atoms with Gasteiger partial charge in [-0.05, 0) is 19.8 Å². The van der Waals surface area contributed by atoms with Crippen LogP contribution in [-0.4, -0.2) is 66.7 Å². The molecule has 1 rings (SSSR count). The zero-order chi connectivity index (χ0) is 16.8. The molecule has 0 aromatic carbocycles. The van der Waals surface area contributed by atoms with E-state index in [1.807, 2.05) is 18.7 Å². The SMILES string of the molecule is CCOC(=O)N1CCN(CC(=O)N[C@](C)(C#N)C(C)C)CC1. The van der Waals surface area contributed by atoms with E-state index >= 15 is 0 Å². The second-order valence-electron chi connectivity index (χ2n) is 5.98. The van der Waals surface area contributed by atoms with Gasteiger partial charge in [0.2, 0.25) is 5.91 Å². The summed E-state index contributed by atoms with van der Waals surface area (Å²) in [5, 5.41) is 12.0. The van der Waals surface area contributed by atoms with Gasteiger partial charge in [-0.25, -0.2) is 4.79 Å². The molecule has 0 saturated carbocycles. The third-order valence-corrected chi connectivity index (χ3v) is 4.05. The van der Waals surface area contributed by atoms with E-state index in [0.717, 1.165) is 0 Å². The molecule has 0 aliphatic carbocycles. The summed E-state index contributed by atoms with van der Waals surface area (Å²) < 4.78 is 4.96. The number of nitrogens with one attached hydrogen (secondary N) is 1. The first-order valence-corrected chi connectivity index (χ1v) is 7.68. The highest BCUT2D eigenvalue weighted by Gasteiger charge is 2.31. The van der Waals surface area contributed by atoms with Gasteiger partial charge in [0.1, 0.15) is 5.54 Å². The molecule has 22 heavy (non-hydrogen) atoms. The van der Waals surface area contributed by atoms with Crippen molar-refractivity contribution >= 4 is 12.0 Å². The van der Waals surface area contributed by atoms with E-state index in [2.05, 4.69) is 11.4 Å². The Kier molecular flexibility index (Phi) is 6.62. The molecule has 0 spiro atoms. The smallest absolute Gasteiger partial charge is 0.409 e. The maximum Gasteiger partial charge on any atom is 0.409 e. The van der Waals surface area contributed by atoms with Crippen molar-refractivity contribution < 1.29 is 14.3 Å². The van der Waals surface area contributed by atoms with Gasteiger partial charge >= 0.3 is 6.09 Å². The Balaban J connectivity index is 2.42.